The van der Waals surface area contributed by atoms with Gasteiger partial charge in [0.1, 0.15) is 6.23 Å². The number of amides is 1. The Morgan fingerprint density at radius 3 is 2.50 bits per heavy atom. The lowest BCUT2D eigenvalue weighted by molar-refractivity contribution is -0.149. The lowest BCUT2D eigenvalue weighted by Gasteiger charge is -2.19. The van der Waals surface area contributed by atoms with Gasteiger partial charge in [0, 0.05) is 6.54 Å². The van der Waals surface area contributed by atoms with E-state index < -0.39 is 24.5 Å². The molecular formula is C11H11F2NO2. The number of hydrogen-bond donors (Lipinski definition) is 1. The second-order valence-electron chi connectivity index (χ2n) is 3.81. The van der Waals surface area contributed by atoms with Crippen LogP contribution in [0.1, 0.15) is 12.0 Å². The molecule has 1 fully saturated rings. The zero-order valence-electron chi connectivity index (χ0n) is 8.44. The van der Waals surface area contributed by atoms with Gasteiger partial charge in [0.25, 0.3) is 5.91 Å². The van der Waals surface area contributed by atoms with Crippen molar-refractivity contribution >= 4 is 5.91 Å². The van der Waals surface area contributed by atoms with Crippen LogP contribution in [0.5, 0.6) is 0 Å². The summed E-state index contributed by atoms with van der Waals surface area (Å²) in [5.41, 5.74) is 0.715. The van der Waals surface area contributed by atoms with Crippen LogP contribution in [0.4, 0.5) is 8.78 Å². The molecule has 1 aromatic carbocycles. The van der Waals surface area contributed by atoms with Crippen LogP contribution >= 0.6 is 0 Å². The molecule has 0 aliphatic carbocycles. The largest absolute Gasteiger partial charge is 0.373 e. The van der Waals surface area contributed by atoms with Gasteiger partial charge in [-0.1, -0.05) is 30.3 Å². The fraction of sp³-hybridized carbons (Fsp3) is 0.364. The van der Waals surface area contributed by atoms with Gasteiger partial charge in [-0.15, -0.1) is 0 Å². The number of aliphatic hydroxyl groups excluding tert-OH is 1. The number of alkyl halides is 2. The summed E-state index contributed by atoms with van der Waals surface area (Å²) in [5.74, 6) is -4.74. The molecule has 1 aliphatic heterocycles. The second-order valence-corrected chi connectivity index (χ2v) is 3.81. The van der Waals surface area contributed by atoms with Gasteiger partial charge >= 0.3 is 5.92 Å². The molecule has 0 radical (unpaired) electrons. The Labute approximate surface area is 91.3 Å². The van der Waals surface area contributed by atoms with Crippen molar-refractivity contribution in [1.82, 2.24) is 4.90 Å². The molecule has 2 rings (SSSR count). The van der Waals surface area contributed by atoms with Gasteiger partial charge in [-0.05, 0) is 5.56 Å². The van der Waals surface area contributed by atoms with Crippen molar-refractivity contribution in [3.8, 4) is 0 Å². The van der Waals surface area contributed by atoms with Gasteiger partial charge < -0.3 is 10.0 Å². The van der Waals surface area contributed by atoms with Crippen LogP contribution in [0.2, 0.25) is 0 Å². The molecule has 3 nitrogen and oxygen atoms in total. The van der Waals surface area contributed by atoms with Crippen LogP contribution in [-0.2, 0) is 11.3 Å². The second kappa shape index (κ2) is 3.83. The fourth-order valence-electron chi connectivity index (χ4n) is 1.73. The molecule has 1 aromatic rings. The van der Waals surface area contributed by atoms with Crippen molar-refractivity contribution in [3.05, 3.63) is 35.9 Å². The van der Waals surface area contributed by atoms with Crippen molar-refractivity contribution in [1.29, 1.82) is 0 Å². The number of likely N-dealkylation sites (tertiary alicyclic amines) is 1. The monoisotopic (exact) mass is 227 g/mol. The van der Waals surface area contributed by atoms with Gasteiger partial charge in [0.2, 0.25) is 0 Å². The third-order valence-electron chi connectivity index (χ3n) is 2.57. The number of benzene rings is 1. The van der Waals surface area contributed by atoms with Gasteiger partial charge in [-0.25, -0.2) is 0 Å². The van der Waals surface area contributed by atoms with Crippen LogP contribution in [-0.4, -0.2) is 28.1 Å². The first-order valence-electron chi connectivity index (χ1n) is 4.91. The van der Waals surface area contributed by atoms with Gasteiger partial charge in [0.15, 0.2) is 0 Å². The highest BCUT2D eigenvalue weighted by Gasteiger charge is 2.52. The van der Waals surface area contributed by atoms with E-state index in [2.05, 4.69) is 0 Å². The molecule has 1 aliphatic rings. The minimum Gasteiger partial charge on any atom is -0.373 e. The Morgan fingerprint density at radius 2 is 2.00 bits per heavy atom. The molecule has 86 valence electrons. The average molecular weight is 227 g/mol. The predicted molar refractivity (Wildman–Crippen MR) is 52.6 cm³/mol. The Balaban J connectivity index is 2.14. The van der Waals surface area contributed by atoms with Crippen molar-refractivity contribution in [3.63, 3.8) is 0 Å². The maximum absolute atomic E-state index is 13.0. The minimum atomic E-state index is -3.44. The number of hydrogen-bond acceptors (Lipinski definition) is 2. The normalized spacial score (nSPS) is 23.8. The minimum absolute atomic E-state index is 0.0103. The molecule has 1 atom stereocenters. The third kappa shape index (κ3) is 1.90. The fourth-order valence-corrected chi connectivity index (χ4v) is 1.73. The van der Waals surface area contributed by atoms with E-state index in [1.807, 2.05) is 0 Å². The first-order chi connectivity index (χ1) is 7.50. The van der Waals surface area contributed by atoms with Crippen LogP contribution in [0.15, 0.2) is 30.3 Å². The van der Waals surface area contributed by atoms with Gasteiger partial charge in [-0.2, -0.15) is 8.78 Å². The number of rotatable bonds is 2. The number of carbonyl (C=O) groups is 1. The van der Waals surface area contributed by atoms with E-state index in [-0.39, 0.29) is 6.54 Å². The predicted octanol–water partition coefficient (Wildman–Crippen LogP) is 1.37. The lowest BCUT2D eigenvalue weighted by Crippen LogP contribution is -2.35. The van der Waals surface area contributed by atoms with Crippen molar-refractivity contribution < 1.29 is 18.7 Å². The molecule has 0 spiro atoms. The SMILES string of the molecule is O=C1N(Cc2ccccc2)C(O)CC1(F)F. The number of halogens is 2. The quantitative estimate of drug-likeness (QED) is 0.829. The first kappa shape index (κ1) is 11.0. The standard InChI is InChI=1S/C11H11F2NO2/c12-11(13)6-9(15)14(10(11)16)7-8-4-2-1-3-5-8/h1-5,9,15H,6-7H2. The Bertz CT molecular complexity index is 394. The first-order valence-corrected chi connectivity index (χ1v) is 4.91. The summed E-state index contributed by atoms with van der Waals surface area (Å²) in [6, 6.07) is 8.73. The van der Waals surface area contributed by atoms with E-state index in [0.717, 1.165) is 4.90 Å². The summed E-state index contributed by atoms with van der Waals surface area (Å²) < 4.78 is 26.0. The summed E-state index contributed by atoms with van der Waals surface area (Å²) in [6.45, 7) is 0.0103. The van der Waals surface area contributed by atoms with E-state index in [1.165, 1.54) is 0 Å². The average Bonchev–Trinajstić information content (AvgIpc) is 2.42. The molecule has 16 heavy (non-hydrogen) atoms. The zero-order valence-corrected chi connectivity index (χ0v) is 8.44. The smallest absolute Gasteiger partial charge is 0.329 e. The summed E-state index contributed by atoms with van der Waals surface area (Å²) in [6.07, 6.45) is -2.22. The highest BCUT2D eigenvalue weighted by atomic mass is 19.3. The summed E-state index contributed by atoms with van der Waals surface area (Å²) in [4.78, 5) is 12.1. The third-order valence-corrected chi connectivity index (χ3v) is 2.57. The highest BCUT2D eigenvalue weighted by molar-refractivity contribution is 5.85. The lowest BCUT2D eigenvalue weighted by atomic mass is 10.2. The van der Waals surface area contributed by atoms with Crippen molar-refractivity contribution in [2.24, 2.45) is 0 Å². The van der Waals surface area contributed by atoms with Crippen molar-refractivity contribution in [2.45, 2.75) is 25.1 Å². The molecule has 1 amide bonds. The molecule has 5 heteroatoms. The highest BCUT2D eigenvalue weighted by Crippen LogP contribution is 2.33. The van der Waals surface area contributed by atoms with Crippen LogP contribution in [0.25, 0.3) is 0 Å². The van der Waals surface area contributed by atoms with Crippen LogP contribution in [0.3, 0.4) is 0 Å². The number of carbonyl (C=O) groups excluding carboxylic acids is 1. The maximum atomic E-state index is 13.0. The summed E-state index contributed by atoms with van der Waals surface area (Å²) in [5, 5.41) is 9.38. The van der Waals surface area contributed by atoms with E-state index in [4.69, 9.17) is 0 Å². The number of nitrogens with zero attached hydrogens (tertiary/aromatic N) is 1. The molecule has 1 saturated heterocycles. The molecule has 1 N–H and O–H groups in total. The van der Waals surface area contributed by atoms with E-state index in [1.54, 1.807) is 30.3 Å². The molecule has 1 unspecified atom stereocenters. The van der Waals surface area contributed by atoms with Gasteiger partial charge in [-0.3, -0.25) is 4.79 Å². The van der Waals surface area contributed by atoms with E-state index >= 15 is 0 Å². The zero-order chi connectivity index (χ0) is 11.8. The van der Waals surface area contributed by atoms with Crippen LogP contribution < -0.4 is 0 Å². The topological polar surface area (TPSA) is 40.5 Å². The Kier molecular flexibility index (Phi) is 2.63. The maximum Gasteiger partial charge on any atom is 0.329 e. The Morgan fingerprint density at radius 1 is 1.38 bits per heavy atom. The molecule has 1 heterocycles. The molecule has 0 saturated carbocycles. The van der Waals surface area contributed by atoms with Crippen molar-refractivity contribution in [2.75, 3.05) is 0 Å². The van der Waals surface area contributed by atoms with Gasteiger partial charge in [0.05, 0.1) is 6.42 Å². The Hall–Kier alpha value is -1.49. The van der Waals surface area contributed by atoms with E-state index in [0.29, 0.717) is 5.56 Å². The number of aliphatic hydroxyl groups is 1. The molecule has 0 bridgehead atoms. The molecule has 0 aromatic heterocycles. The van der Waals surface area contributed by atoms with E-state index in [9.17, 15) is 18.7 Å². The molecular weight excluding hydrogens is 216 g/mol. The van der Waals surface area contributed by atoms with Crippen LogP contribution in [0, 0.1) is 0 Å². The summed E-state index contributed by atoms with van der Waals surface area (Å²) in [7, 11) is 0. The summed E-state index contributed by atoms with van der Waals surface area (Å²) >= 11 is 0.